The Morgan fingerprint density at radius 1 is 0.532 bits per heavy atom. The van der Waals surface area contributed by atoms with Gasteiger partial charge in [-0.25, -0.2) is 0 Å². The van der Waals surface area contributed by atoms with Gasteiger partial charge < -0.3 is 61.9 Å². The number of nitrogens with zero attached hydrogens (tertiary/aromatic N) is 12. The smallest absolute Gasteiger partial charge is 0.220 e. The highest BCUT2D eigenvalue weighted by Crippen LogP contribution is 2.46. The van der Waals surface area contributed by atoms with Gasteiger partial charge in [-0.1, -0.05) is 142 Å². The van der Waals surface area contributed by atoms with Crippen molar-refractivity contribution in [3.05, 3.63) is 185 Å². The zero-order valence-corrected chi connectivity index (χ0v) is 42.9. The molecule has 4 aliphatic rings. The van der Waals surface area contributed by atoms with Crippen molar-refractivity contribution in [3.8, 4) is 0 Å². The third-order valence-corrected chi connectivity index (χ3v) is 14.2. The highest BCUT2D eigenvalue weighted by atomic mass is 16.8. The number of hydrogen-bond donors (Lipinski definition) is 1. The van der Waals surface area contributed by atoms with E-state index in [9.17, 15) is 27.2 Å². The monoisotopic (exact) mass is 1060 g/mol. The predicted molar refractivity (Wildman–Crippen MR) is 272 cm³/mol. The van der Waals surface area contributed by atoms with Crippen molar-refractivity contribution >= 4 is 0 Å². The van der Waals surface area contributed by atoms with Crippen LogP contribution < -0.4 is 0 Å². The number of aliphatic hydroxyl groups excluding tert-OH is 1. The molecular formula is C52H62N12O13. The molecule has 3 heterocycles. The van der Waals surface area contributed by atoms with E-state index < -0.39 is 103 Å². The second-order valence-corrected chi connectivity index (χ2v) is 18.9. The van der Waals surface area contributed by atoms with Gasteiger partial charge in [0.15, 0.2) is 12.6 Å². The SMILES string of the molecule is COC1(C)O[C@@H]2[C@@H](N=[N+]=[N-])[C@@H](O[C@H]3[C@H](O)[C@@H](O[C@H]4O[C@H](COCc5ccccc5)[C@@H](OCc5ccccc5)[C@H](OCc5ccccc5)[C@H]4OCc4ccccc4)[C@H](N=[N+]=[N-])C[C@@H]3N=[N+]=[N-])O[C@H](CN=[N+]=[N-])[C@H]2OC1(C)OC. The van der Waals surface area contributed by atoms with Crippen LogP contribution in [0, 0.1) is 0 Å². The summed E-state index contributed by atoms with van der Waals surface area (Å²) in [7, 11) is 2.76. The lowest BCUT2D eigenvalue weighted by Crippen LogP contribution is -2.73. The molecule has 408 valence electrons. The third kappa shape index (κ3) is 13.7. The molecule has 77 heavy (non-hydrogen) atoms. The van der Waals surface area contributed by atoms with E-state index in [1.807, 2.05) is 121 Å². The van der Waals surface area contributed by atoms with Gasteiger partial charge in [0.1, 0.15) is 48.8 Å². The maximum Gasteiger partial charge on any atom is 0.220 e. The van der Waals surface area contributed by atoms with E-state index in [-0.39, 0.29) is 46.0 Å². The molecule has 0 aromatic heterocycles. The van der Waals surface area contributed by atoms with Gasteiger partial charge in [0.2, 0.25) is 11.6 Å². The highest BCUT2D eigenvalue weighted by Gasteiger charge is 2.63. The van der Waals surface area contributed by atoms with Crippen molar-refractivity contribution in [1.82, 2.24) is 0 Å². The van der Waals surface area contributed by atoms with Gasteiger partial charge in [-0.3, -0.25) is 0 Å². The number of rotatable bonds is 24. The Labute approximate surface area is 443 Å². The van der Waals surface area contributed by atoms with Gasteiger partial charge >= 0.3 is 0 Å². The number of benzene rings is 4. The normalized spacial score (nSPS) is 33.7. The fourth-order valence-corrected chi connectivity index (χ4v) is 9.95. The zero-order valence-electron chi connectivity index (χ0n) is 42.9. The summed E-state index contributed by atoms with van der Waals surface area (Å²) in [6, 6.07) is 34.4. The minimum absolute atomic E-state index is 0.0288. The number of ether oxygens (including phenoxy) is 12. The molecule has 17 atom stereocenters. The molecule has 4 aromatic rings. The number of aliphatic hydroxyl groups is 1. The molecule has 3 saturated heterocycles. The van der Waals surface area contributed by atoms with Crippen LogP contribution in [0.2, 0.25) is 0 Å². The highest BCUT2D eigenvalue weighted by molar-refractivity contribution is 5.17. The van der Waals surface area contributed by atoms with Crippen molar-refractivity contribution in [2.24, 2.45) is 20.5 Å². The minimum Gasteiger partial charge on any atom is -0.388 e. The first kappa shape index (κ1) is 56.8. The summed E-state index contributed by atoms with van der Waals surface area (Å²) in [5.41, 5.74) is 42.8. The average Bonchev–Trinajstić information content (AvgIpc) is 3.47. The summed E-state index contributed by atoms with van der Waals surface area (Å²) in [6.45, 7) is 3.33. The molecule has 4 aromatic carbocycles. The van der Waals surface area contributed by atoms with Crippen LogP contribution in [0.1, 0.15) is 42.5 Å². The predicted octanol–water partition coefficient (Wildman–Crippen LogP) is 8.80. The Kier molecular flexibility index (Phi) is 20.1. The summed E-state index contributed by atoms with van der Waals surface area (Å²) < 4.78 is 78.3. The zero-order chi connectivity index (χ0) is 54.2. The van der Waals surface area contributed by atoms with E-state index in [1.54, 1.807) is 13.8 Å². The van der Waals surface area contributed by atoms with E-state index in [1.165, 1.54) is 14.2 Å². The van der Waals surface area contributed by atoms with E-state index in [4.69, 9.17) is 56.8 Å². The molecule has 3 aliphatic heterocycles. The second-order valence-electron chi connectivity index (χ2n) is 18.9. The molecule has 2 unspecified atom stereocenters. The van der Waals surface area contributed by atoms with Gasteiger partial charge in [-0.2, -0.15) is 0 Å². The molecule has 1 N–H and O–H groups in total. The summed E-state index contributed by atoms with van der Waals surface area (Å²) >= 11 is 0. The Hall–Kier alpha value is -6.40. The lowest BCUT2D eigenvalue weighted by atomic mass is 9.84. The maximum absolute atomic E-state index is 12.8. The lowest BCUT2D eigenvalue weighted by Gasteiger charge is -2.57. The topological polar surface area (TPSA) is 326 Å². The minimum atomic E-state index is -1.81. The number of hydrogen-bond acceptors (Lipinski definition) is 17. The molecule has 25 nitrogen and oxygen atoms in total. The first-order valence-corrected chi connectivity index (χ1v) is 25.0. The van der Waals surface area contributed by atoms with E-state index in [0.717, 1.165) is 22.3 Å². The molecule has 1 aliphatic carbocycles. The van der Waals surface area contributed by atoms with E-state index >= 15 is 0 Å². The standard InChI is InChI=1S/C52H62N12O13/c1-51(66-3)52(2,67-4)77-46-40(60-64-56)49(72-38(26-57-61-53)45(46)76-51)74-42-36(58-62-54)25-37(59-63-55)43(41(42)65)75-50-48(71-30-35-23-15-8-16-24-35)47(70-29-34-21-13-7-14-22-34)44(69-28-33-19-11-6-12-20-33)39(73-50)31-68-27-32-17-9-5-10-18-32/h5-24,36-50,65H,25-31H2,1-4H3/t36-,37+,38+,39+,40+,41-,42+,43-,44+,45+,46+,47-,48+,49+,50+,51?,52?/m0/s1. The average molecular weight is 1060 g/mol. The number of azide groups is 4. The van der Waals surface area contributed by atoms with Crippen LogP contribution >= 0.6 is 0 Å². The molecular weight excluding hydrogens is 1000 g/mol. The number of methoxy groups -OCH3 is 2. The van der Waals surface area contributed by atoms with Crippen LogP contribution in [0.25, 0.3) is 41.8 Å². The first-order valence-electron chi connectivity index (χ1n) is 25.0. The fraction of sp³-hybridized carbons (Fsp3) is 0.538. The van der Waals surface area contributed by atoms with E-state index in [0.29, 0.717) is 0 Å². The molecule has 0 radical (unpaired) electrons. The van der Waals surface area contributed by atoms with Gasteiger partial charge in [0.25, 0.3) is 0 Å². The molecule has 25 heteroatoms. The fourth-order valence-electron chi connectivity index (χ4n) is 9.95. The van der Waals surface area contributed by atoms with Crippen molar-refractivity contribution in [1.29, 1.82) is 0 Å². The van der Waals surface area contributed by atoms with Gasteiger partial charge in [0.05, 0.1) is 70.0 Å². The van der Waals surface area contributed by atoms with Crippen LogP contribution in [0.4, 0.5) is 0 Å². The largest absolute Gasteiger partial charge is 0.388 e. The quantitative estimate of drug-likeness (QED) is 0.0390. The van der Waals surface area contributed by atoms with Crippen molar-refractivity contribution in [3.63, 3.8) is 0 Å². The summed E-state index contributed by atoms with van der Waals surface area (Å²) in [6.07, 6.45) is -15.4. The Bertz CT molecular complexity index is 2690. The Balaban J connectivity index is 1.17. The Morgan fingerprint density at radius 2 is 0.974 bits per heavy atom. The summed E-state index contributed by atoms with van der Waals surface area (Å²) in [5.74, 6) is -3.17. The molecule has 8 rings (SSSR count). The summed E-state index contributed by atoms with van der Waals surface area (Å²) in [4.78, 5) is 12.1. The molecule has 0 spiro atoms. The molecule has 4 fully saturated rings. The van der Waals surface area contributed by atoms with Gasteiger partial charge in [0, 0.05) is 33.9 Å². The lowest BCUT2D eigenvalue weighted by molar-refractivity contribution is -0.471. The molecule has 0 bridgehead atoms. The van der Waals surface area contributed by atoms with Crippen LogP contribution in [0.5, 0.6) is 0 Å². The van der Waals surface area contributed by atoms with Crippen LogP contribution in [0.3, 0.4) is 0 Å². The summed E-state index contributed by atoms with van der Waals surface area (Å²) in [5, 5.41) is 28.6. The van der Waals surface area contributed by atoms with Gasteiger partial charge in [-0.05, 0) is 64.6 Å². The van der Waals surface area contributed by atoms with Crippen molar-refractivity contribution in [2.45, 2.75) is 150 Å². The maximum atomic E-state index is 12.8. The third-order valence-electron chi connectivity index (χ3n) is 14.2. The van der Waals surface area contributed by atoms with E-state index in [2.05, 4.69) is 40.1 Å². The van der Waals surface area contributed by atoms with Crippen molar-refractivity contribution < 1.29 is 61.9 Å². The Morgan fingerprint density at radius 3 is 1.45 bits per heavy atom. The second kappa shape index (κ2) is 27.3. The molecule has 0 amide bonds. The number of fused-ring (bicyclic) bond motifs is 1. The van der Waals surface area contributed by atoms with Crippen LogP contribution in [-0.2, 0) is 83.3 Å². The van der Waals surface area contributed by atoms with Crippen molar-refractivity contribution in [2.75, 3.05) is 27.4 Å². The molecule has 1 saturated carbocycles. The van der Waals surface area contributed by atoms with Gasteiger partial charge in [-0.15, -0.1) is 0 Å². The first-order chi connectivity index (χ1) is 37.5. The van der Waals surface area contributed by atoms with Crippen LogP contribution in [-0.4, -0.2) is 136 Å². The van der Waals surface area contributed by atoms with Crippen LogP contribution in [0.15, 0.2) is 142 Å².